The van der Waals surface area contributed by atoms with Crippen molar-refractivity contribution < 1.29 is 13.9 Å². The maximum absolute atomic E-state index is 14.5. The lowest BCUT2D eigenvalue weighted by Crippen LogP contribution is -2.48. The van der Waals surface area contributed by atoms with Crippen molar-refractivity contribution in [2.45, 2.75) is 45.8 Å². The van der Waals surface area contributed by atoms with Gasteiger partial charge in [-0.1, -0.05) is 43.6 Å². The number of hydrogen-bond acceptors (Lipinski definition) is 3. The van der Waals surface area contributed by atoms with Crippen molar-refractivity contribution in [2.24, 2.45) is 5.92 Å². The van der Waals surface area contributed by atoms with Crippen LogP contribution >= 0.6 is 11.6 Å². The quantitative estimate of drug-likeness (QED) is 0.578. The summed E-state index contributed by atoms with van der Waals surface area (Å²) in [6.45, 7) is 7.29. The molecule has 0 unspecified atom stereocenters. The standard InChI is InChI=1S/C25H33ClFN3O2/c1-18(2)17-32-23-8-4-19(5-9-23)15-30(16-20-6-7-21(26)14-24(20)27)25(31)28-22-10-12-29(3)13-11-22/h4-9,14,18,22H,10-13,15-17H2,1-3H3,(H,28,31). The molecular formula is C25H33ClFN3O2. The molecule has 0 radical (unpaired) electrons. The Morgan fingerprint density at radius 1 is 1.19 bits per heavy atom. The molecule has 1 N–H and O–H groups in total. The minimum atomic E-state index is -0.410. The van der Waals surface area contributed by atoms with E-state index in [-0.39, 0.29) is 18.6 Å². The van der Waals surface area contributed by atoms with Gasteiger partial charge in [-0.05, 0) is 68.7 Å². The number of amides is 2. The lowest BCUT2D eigenvalue weighted by Gasteiger charge is -2.32. The Morgan fingerprint density at radius 3 is 2.50 bits per heavy atom. The molecule has 2 aromatic carbocycles. The lowest BCUT2D eigenvalue weighted by molar-refractivity contribution is 0.175. The van der Waals surface area contributed by atoms with Gasteiger partial charge in [-0.15, -0.1) is 0 Å². The summed E-state index contributed by atoms with van der Waals surface area (Å²) in [5.41, 5.74) is 1.39. The summed E-state index contributed by atoms with van der Waals surface area (Å²) in [7, 11) is 2.09. The number of carbonyl (C=O) groups excluding carboxylic acids is 1. The van der Waals surface area contributed by atoms with Gasteiger partial charge in [-0.2, -0.15) is 0 Å². The highest BCUT2D eigenvalue weighted by atomic mass is 35.5. The number of likely N-dealkylation sites (tertiary alicyclic amines) is 1. The molecule has 0 spiro atoms. The Bertz CT molecular complexity index is 883. The van der Waals surface area contributed by atoms with Crippen molar-refractivity contribution in [3.05, 3.63) is 64.4 Å². The number of ether oxygens (including phenoxy) is 1. The third-order valence-electron chi connectivity index (χ3n) is 5.59. The Labute approximate surface area is 195 Å². The minimum Gasteiger partial charge on any atom is -0.493 e. The van der Waals surface area contributed by atoms with E-state index in [4.69, 9.17) is 16.3 Å². The lowest BCUT2D eigenvalue weighted by atomic mass is 10.1. The molecule has 5 nitrogen and oxygen atoms in total. The zero-order valence-corrected chi connectivity index (χ0v) is 19.9. The molecule has 174 valence electrons. The SMILES string of the molecule is CC(C)COc1ccc(CN(Cc2ccc(Cl)cc2F)C(=O)NC2CCN(C)CC2)cc1. The van der Waals surface area contributed by atoms with Crippen LogP contribution in [0.4, 0.5) is 9.18 Å². The van der Waals surface area contributed by atoms with Crippen molar-refractivity contribution in [1.29, 1.82) is 0 Å². The van der Waals surface area contributed by atoms with Crippen LogP contribution in [0.15, 0.2) is 42.5 Å². The maximum atomic E-state index is 14.5. The van der Waals surface area contributed by atoms with Gasteiger partial charge in [0.15, 0.2) is 0 Å². The second-order valence-electron chi connectivity index (χ2n) is 8.97. The van der Waals surface area contributed by atoms with Gasteiger partial charge >= 0.3 is 6.03 Å². The number of carbonyl (C=O) groups is 1. The molecule has 2 aromatic rings. The van der Waals surface area contributed by atoms with Gasteiger partial charge in [0.05, 0.1) is 13.2 Å². The van der Waals surface area contributed by atoms with Crippen LogP contribution in [-0.4, -0.2) is 48.6 Å². The molecule has 3 rings (SSSR count). The Hall–Kier alpha value is -2.31. The van der Waals surface area contributed by atoms with Crippen LogP contribution in [0.25, 0.3) is 0 Å². The minimum absolute atomic E-state index is 0.128. The first kappa shape index (κ1) is 24.3. The third-order valence-corrected chi connectivity index (χ3v) is 5.82. The van der Waals surface area contributed by atoms with Gasteiger partial charge in [-0.3, -0.25) is 0 Å². The third kappa shape index (κ3) is 7.38. The zero-order chi connectivity index (χ0) is 23.1. The highest BCUT2D eigenvalue weighted by molar-refractivity contribution is 6.30. The van der Waals surface area contributed by atoms with E-state index in [1.54, 1.807) is 17.0 Å². The molecule has 0 saturated carbocycles. The van der Waals surface area contributed by atoms with Crippen LogP contribution in [0.1, 0.15) is 37.8 Å². The first-order valence-corrected chi connectivity index (χ1v) is 11.6. The fraction of sp³-hybridized carbons (Fsp3) is 0.480. The van der Waals surface area contributed by atoms with Crippen molar-refractivity contribution in [1.82, 2.24) is 15.1 Å². The number of hydrogen-bond donors (Lipinski definition) is 1. The van der Waals surface area contributed by atoms with Crippen LogP contribution in [0, 0.1) is 11.7 Å². The molecule has 2 amide bonds. The first-order valence-electron chi connectivity index (χ1n) is 11.2. The molecule has 0 atom stereocenters. The summed E-state index contributed by atoms with van der Waals surface area (Å²) in [5, 5.41) is 3.48. The Morgan fingerprint density at radius 2 is 1.88 bits per heavy atom. The van der Waals surface area contributed by atoms with Crippen LogP contribution in [0.2, 0.25) is 5.02 Å². The van der Waals surface area contributed by atoms with Gasteiger partial charge in [0.2, 0.25) is 0 Å². The van der Waals surface area contributed by atoms with E-state index in [1.165, 1.54) is 6.07 Å². The number of nitrogens with zero attached hydrogens (tertiary/aromatic N) is 2. The van der Waals surface area contributed by atoms with Crippen LogP contribution in [0.3, 0.4) is 0 Å². The topological polar surface area (TPSA) is 44.8 Å². The highest BCUT2D eigenvalue weighted by Gasteiger charge is 2.23. The predicted molar refractivity (Wildman–Crippen MR) is 126 cm³/mol. The first-order chi connectivity index (χ1) is 15.3. The number of urea groups is 1. The monoisotopic (exact) mass is 461 g/mol. The molecule has 1 heterocycles. The average molecular weight is 462 g/mol. The fourth-order valence-corrected chi connectivity index (χ4v) is 3.81. The highest BCUT2D eigenvalue weighted by Crippen LogP contribution is 2.20. The van der Waals surface area contributed by atoms with Crippen molar-refractivity contribution >= 4 is 17.6 Å². The number of nitrogens with one attached hydrogen (secondary N) is 1. The van der Waals surface area contributed by atoms with Crippen molar-refractivity contribution in [3.63, 3.8) is 0 Å². The van der Waals surface area contributed by atoms with E-state index in [0.717, 1.165) is 37.2 Å². The van der Waals surface area contributed by atoms with Crippen LogP contribution < -0.4 is 10.1 Å². The molecule has 1 aliphatic heterocycles. The number of piperidine rings is 1. The van der Waals surface area contributed by atoms with E-state index in [2.05, 4.69) is 31.1 Å². The second kappa shape index (κ2) is 11.5. The van der Waals surface area contributed by atoms with E-state index in [0.29, 0.717) is 29.7 Å². The van der Waals surface area contributed by atoms with E-state index in [1.807, 2.05) is 24.3 Å². The Balaban J connectivity index is 1.71. The maximum Gasteiger partial charge on any atom is 0.318 e. The summed E-state index contributed by atoms with van der Waals surface area (Å²) in [5.74, 6) is 0.836. The van der Waals surface area contributed by atoms with Gasteiger partial charge in [-0.25, -0.2) is 9.18 Å². The fourth-order valence-electron chi connectivity index (χ4n) is 3.65. The van der Waals surface area contributed by atoms with Crippen LogP contribution in [-0.2, 0) is 13.1 Å². The molecule has 7 heteroatoms. The Kier molecular flexibility index (Phi) is 8.76. The summed E-state index contributed by atoms with van der Waals surface area (Å²) in [6, 6.07) is 12.2. The molecule has 1 saturated heterocycles. The van der Waals surface area contributed by atoms with E-state index in [9.17, 15) is 9.18 Å². The zero-order valence-electron chi connectivity index (χ0n) is 19.1. The number of benzene rings is 2. The smallest absolute Gasteiger partial charge is 0.318 e. The van der Waals surface area contributed by atoms with E-state index >= 15 is 0 Å². The average Bonchev–Trinajstić information content (AvgIpc) is 2.76. The van der Waals surface area contributed by atoms with Gasteiger partial charge in [0.25, 0.3) is 0 Å². The molecule has 1 aliphatic rings. The molecule has 0 aliphatic carbocycles. The van der Waals surface area contributed by atoms with Gasteiger partial charge < -0.3 is 19.9 Å². The van der Waals surface area contributed by atoms with Crippen molar-refractivity contribution in [3.8, 4) is 5.75 Å². The summed E-state index contributed by atoms with van der Waals surface area (Å²) < 4.78 is 20.2. The molecule has 32 heavy (non-hydrogen) atoms. The van der Waals surface area contributed by atoms with Crippen molar-refractivity contribution in [2.75, 3.05) is 26.7 Å². The molecule has 0 aromatic heterocycles. The van der Waals surface area contributed by atoms with Gasteiger partial charge in [0, 0.05) is 23.2 Å². The summed E-state index contributed by atoms with van der Waals surface area (Å²) >= 11 is 5.90. The summed E-state index contributed by atoms with van der Waals surface area (Å²) in [6.07, 6.45) is 1.82. The summed E-state index contributed by atoms with van der Waals surface area (Å²) in [4.78, 5) is 17.1. The number of halogens is 2. The molecule has 0 bridgehead atoms. The molecule has 1 fully saturated rings. The van der Waals surface area contributed by atoms with Gasteiger partial charge in [0.1, 0.15) is 11.6 Å². The second-order valence-corrected chi connectivity index (χ2v) is 9.40. The van der Waals surface area contributed by atoms with E-state index < -0.39 is 5.82 Å². The normalized spacial score (nSPS) is 15.1. The predicted octanol–water partition coefficient (Wildman–Crippen LogP) is 5.32. The number of rotatable bonds is 8. The largest absolute Gasteiger partial charge is 0.493 e. The molecular weight excluding hydrogens is 429 g/mol. The van der Waals surface area contributed by atoms with Crippen LogP contribution in [0.5, 0.6) is 5.75 Å².